The van der Waals surface area contributed by atoms with Crippen molar-refractivity contribution in [2.75, 3.05) is 19.8 Å². The normalized spacial score (nSPS) is 22.3. The first-order chi connectivity index (χ1) is 47.1. The summed E-state index contributed by atoms with van der Waals surface area (Å²) >= 11 is 0. The molecule has 0 bridgehead atoms. The predicted molar refractivity (Wildman–Crippen MR) is 397 cm³/mol. The molecule has 2 aliphatic heterocycles. The SMILES string of the molecule is CCCCCCCCCCCCCCCCCC/C=C/CC/C=C/C(O)C(COC1OC(CO)C(OC2OC(CO)C(O)C(O)C2O)C(O)C1O)NC(=O)CCCCCCCCCCCCCCCCCCCCCCCCCCCCCCCCCCCCCCCCCC. The summed E-state index contributed by atoms with van der Waals surface area (Å²) in [7, 11) is 0. The molecule has 1 amide bonds. The number of aliphatic hydroxyl groups is 8. The lowest BCUT2D eigenvalue weighted by Gasteiger charge is -2.46. The lowest BCUT2D eigenvalue weighted by Crippen LogP contribution is -2.65. The van der Waals surface area contributed by atoms with Crippen LogP contribution in [-0.2, 0) is 23.7 Å². The van der Waals surface area contributed by atoms with Gasteiger partial charge in [-0.3, -0.25) is 4.79 Å². The molecule has 14 nitrogen and oxygen atoms in total. The molecule has 9 N–H and O–H groups in total. The Hall–Kier alpha value is -1.53. The molecule has 568 valence electrons. The van der Waals surface area contributed by atoms with E-state index in [1.54, 1.807) is 6.08 Å². The Morgan fingerprint density at radius 3 is 1.02 bits per heavy atom. The molecule has 96 heavy (non-hydrogen) atoms. The molecule has 0 radical (unpaired) electrons. The zero-order valence-electron chi connectivity index (χ0n) is 62.4. The van der Waals surface area contributed by atoms with Gasteiger partial charge in [0.1, 0.15) is 48.8 Å². The van der Waals surface area contributed by atoms with E-state index in [2.05, 4.69) is 31.3 Å². The number of hydrogen-bond acceptors (Lipinski definition) is 13. The van der Waals surface area contributed by atoms with Crippen LogP contribution in [0.3, 0.4) is 0 Å². The molecule has 2 fully saturated rings. The second-order valence-electron chi connectivity index (χ2n) is 29.6. The topological polar surface area (TPSA) is 228 Å². The van der Waals surface area contributed by atoms with Gasteiger partial charge in [-0.2, -0.15) is 0 Å². The minimum atomic E-state index is -1.79. The number of carbonyl (C=O) groups excluding carboxylic acids is 1. The Labute approximate surface area is 589 Å². The number of unbranched alkanes of at least 4 members (excludes halogenated alkanes) is 56. The average Bonchev–Trinajstić information content (AvgIpc) is 0.805. The fourth-order valence-electron chi connectivity index (χ4n) is 14.1. The van der Waals surface area contributed by atoms with Gasteiger partial charge in [0.25, 0.3) is 0 Å². The second kappa shape index (κ2) is 66.7. The van der Waals surface area contributed by atoms with Crippen molar-refractivity contribution in [1.29, 1.82) is 0 Å². The van der Waals surface area contributed by atoms with Gasteiger partial charge in [0, 0.05) is 6.42 Å². The van der Waals surface area contributed by atoms with Gasteiger partial charge in [0.15, 0.2) is 12.6 Å². The maximum Gasteiger partial charge on any atom is 0.220 e. The minimum absolute atomic E-state index is 0.240. The summed E-state index contributed by atoms with van der Waals surface area (Å²) < 4.78 is 22.9. The molecule has 14 heteroatoms. The van der Waals surface area contributed by atoms with E-state index < -0.39 is 86.8 Å². The van der Waals surface area contributed by atoms with E-state index >= 15 is 0 Å². The highest BCUT2D eigenvalue weighted by atomic mass is 16.7. The fourth-order valence-corrected chi connectivity index (χ4v) is 14.1. The van der Waals surface area contributed by atoms with E-state index in [9.17, 15) is 45.6 Å². The number of amides is 1. The van der Waals surface area contributed by atoms with Crippen molar-refractivity contribution in [3.63, 3.8) is 0 Å². The molecule has 0 saturated carbocycles. The first kappa shape index (κ1) is 90.6. The summed E-state index contributed by atoms with van der Waals surface area (Å²) in [5, 5.41) is 87.6. The Morgan fingerprint density at radius 1 is 0.365 bits per heavy atom. The van der Waals surface area contributed by atoms with Gasteiger partial charge < -0.3 is 65.1 Å². The van der Waals surface area contributed by atoms with Crippen LogP contribution in [0.1, 0.15) is 399 Å². The molecular formula is C82H157NO13. The van der Waals surface area contributed by atoms with Crippen LogP contribution < -0.4 is 5.32 Å². The van der Waals surface area contributed by atoms with Crippen LogP contribution in [0, 0.1) is 0 Å². The molecule has 2 aliphatic rings. The van der Waals surface area contributed by atoms with Gasteiger partial charge in [-0.05, 0) is 32.1 Å². The quantitative estimate of drug-likeness (QED) is 0.0204. The van der Waals surface area contributed by atoms with Crippen molar-refractivity contribution in [1.82, 2.24) is 5.32 Å². The Kier molecular flexibility index (Phi) is 62.9. The molecule has 0 aromatic rings. The Morgan fingerprint density at radius 2 is 0.667 bits per heavy atom. The zero-order chi connectivity index (χ0) is 69.4. The number of nitrogens with one attached hydrogen (secondary N) is 1. The number of ether oxygens (including phenoxy) is 4. The van der Waals surface area contributed by atoms with Crippen LogP contribution in [0.4, 0.5) is 0 Å². The van der Waals surface area contributed by atoms with Gasteiger partial charge in [-0.25, -0.2) is 0 Å². The van der Waals surface area contributed by atoms with Gasteiger partial charge in [0.2, 0.25) is 5.91 Å². The number of hydrogen-bond donors (Lipinski definition) is 9. The van der Waals surface area contributed by atoms with E-state index in [0.717, 1.165) is 32.1 Å². The third kappa shape index (κ3) is 49.1. The van der Waals surface area contributed by atoms with Crippen molar-refractivity contribution in [2.24, 2.45) is 0 Å². The first-order valence-electron chi connectivity index (χ1n) is 41.6. The molecule has 2 rings (SSSR count). The molecule has 12 unspecified atom stereocenters. The highest BCUT2D eigenvalue weighted by Crippen LogP contribution is 2.30. The van der Waals surface area contributed by atoms with E-state index in [4.69, 9.17) is 18.9 Å². The maximum atomic E-state index is 13.4. The summed E-state index contributed by atoms with van der Waals surface area (Å²) in [6.45, 7) is 2.85. The van der Waals surface area contributed by atoms with Crippen LogP contribution in [-0.4, -0.2) is 140 Å². The molecule has 2 saturated heterocycles. The van der Waals surface area contributed by atoms with Crippen molar-refractivity contribution in [2.45, 2.75) is 473 Å². The fraction of sp³-hybridized carbons (Fsp3) is 0.939. The molecule has 0 aliphatic carbocycles. The Bertz CT molecular complexity index is 1700. The maximum absolute atomic E-state index is 13.4. The van der Waals surface area contributed by atoms with Gasteiger partial charge >= 0.3 is 0 Å². The highest BCUT2D eigenvalue weighted by Gasteiger charge is 2.51. The van der Waals surface area contributed by atoms with Crippen molar-refractivity contribution in [3.05, 3.63) is 24.3 Å². The van der Waals surface area contributed by atoms with Crippen LogP contribution >= 0.6 is 0 Å². The minimum Gasteiger partial charge on any atom is -0.394 e. The van der Waals surface area contributed by atoms with Crippen LogP contribution in [0.25, 0.3) is 0 Å². The van der Waals surface area contributed by atoms with E-state index in [1.807, 2.05) is 6.08 Å². The van der Waals surface area contributed by atoms with Crippen LogP contribution in [0.2, 0.25) is 0 Å². The molecular weight excluding hydrogens is 1210 g/mol. The monoisotopic (exact) mass is 1360 g/mol. The molecule has 0 aromatic heterocycles. The van der Waals surface area contributed by atoms with Crippen molar-refractivity contribution < 1.29 is 64.6 Å². The lowest BCUT2D eigenvalue weighted by molar-refractivity contribution is -0.359. The number of aliphatic hydroxyl groups excluding tert-OH is 8. The smallest absolute Gasteiger partial charge is 0.220 e. The number of allylic oxidation sites excluding steroid dienone is 3. The molecule has 0 aromatic carbocycles. The van der Waals surface area contributed by atoms with Gasteiger partial charge in [0.05, 0.1) is 32.0 Å². The molecule has 2 heterocycles. The average molecular weight is 1370 g/mol. The number of carbonyl (C=O) groups is 1. The largest absolute Gasteiger partial charge is 0.394 e. The van der Waals surface area contributed by atoms with E-state index in [0.29, 0.717) is 12.8 Å². The third-order valence-corrected chi connectivity index (χ3v) is 20.6. The molecule has 0 spiro atoms. The molecule has 12 atom stereocenters. The standard InChI is InChI=1S/C82H157NO13/c1-3-5-7-9-11-13-15-17-19-21-23-25-27-28-29-30-31-32-33-34-35-36-37-38-39-40-41-42-43-44-46-48-50-52-54-56-58-60-62-64-66-74(87)83-70(69-93-81-79(92)77(90)80(73(68-85)95-81)96-82-78(91)76(89)75(88)72(67-84)94-82)71(86)65-63-61-59-57-55-53-51-49-47-45-26-24-22-20-18-16-14-12-10-8-6-4-2/h55,57,63,65,70-73,75-82,84-86,88-92H,3-54,56,58-62,64,66-69H2,1-2H3,(H,83,87)/b57-55+,65-63+. The second-order valence-corrected chi connectivity index (χ2v) is 29.6. The summed E-state index contributed by atoms with van der Waals surface area (Å²) in [5.74, 6) is -0.240. The van der Waals surface area contributed by atoms with Crippen molar-refractivity contribution >= 4 is 5.91 Å². The Balaban J connectivity index is 1.56. The van der Waals surface area contributed by atoms with Crippen molar-refractivity contribution in [3.8, 4) is 0 Å². The first-order valence-corrected chi connectivity index (χ1v) is 41.6. The summed E-state index contributed by atoms with van der Waals surface area (Å²) in [6, 6.07) is -0.930. The van der Waals surface area contributed by atoms with E-state index in [1.165, 1.54) is 334 Å². The van der Waals surface area contributed by atoms with Gasteiger partial charge in [-0.1, -0.05) is 385 Å². The lowest BCUT2D eigenvalue weighted by atomic mass is 9.97. The zero-order valence-corrected chi connectivity index (χ0v) is 62.4. The summed E-state index contributed by atoms with van der Waals surface area (Å²) in [4.78, 5) is 13.4. The number of rotatable bonds is 71. The van der Waals surface area contributed by atoms with Gasteiger partial charge in [-0.15, -0.1) is 0 Å². The summed E-state index contributed by atoms with van der Waals surface area (Å²) in [5.41, 5.74) is 0. The summed E-state index contributed by atoms with van der Waals surface area (Å²) in [6.07, 6.45) is 70.1. The predicted octanol–water partition coefficient (Wildman–Crippen LogP) is 19.0. The van der Waals surface area contributed by atoms with Crippen LogP contribution in [0.5, 0.6) is 0 Å². The third-order valence-electron chi connectivity index (χ3n) is 20.6. The highest BCUT2D eigenvalue weighted by molar-refractivity contribution is 5.76. The van der Waals surface area contributed by atoms with Crippen LogP contribution in [0.15, 0.2) is 24.3 Å². The van der Waals surface area contributed by atoms with E-state index in [-0.39, 0.29) is 18.9 Å².